The highest BCUT2D eigenvalue weighted by Crippen LogP contribution is 2.20. The molecule has 0 aliphatic heterocycles. The van der Waals surface area contributed by atoms with E-state index in [1.807, 2.05) is 36.4 Å². The van der Waals surface area contributed by atoms with E-state index in [1.54, 1.807) is 12.4 Å². The quantitative estimate of drug-likeness (QED) is 0.917. The number of hydrogen-bond donors (Lipinski definition) is 1. The minimum atomic E-state index is -0.120. The number of halogens is 3. The van der Waals surface area contributed by atoms with Crippen LogP contribution in [0.4, 0.5) is 0 Å². The minimum absolute atomic E-state index is 0. The molecule has 0 amide bonds. The molecule has 0 radical (unpaired) electrons. The maximum atomic E-state index is 6.10. The van der Waals surface area contributed by atoms with Gasteiger partial charge in [-0.15, -0.1) is 24.8 Å². The van der Waals surface area contributed by atoms with Crippen molar-refractivity contribution in [2.75, 3.05) is 0 Å². The van der Waals surface area contributed by atoms with Crippen LogP contribution < -0.4 is 5.73 Å². The molecule has 1 aromatic heterocycles. The first-order chi connectivity index (χ1) is 7.27. The summed E-state index contributed by atoms with van der Waals surface area (Å²) >= 11 is 5.81. The molecule has 0 saturated carbocycles. The summed E-state index contributed by atoms with van der Waals surface area (Å²) < 4.78 is 0. The summed E-state index contributed by atoms with van der Waals surface area (Å²) in [6, 6.07) is 11.3. The monoisotopic (exact) mass is 290 g/mol. The molecule has 2 rings (SSSR count). The third-order valence-corrected chi connectivity index (χ3v) is 2.55. The van der Waals surface area contributed by atoms with E-state index in [9.17, 15) is 0 Å². The molecule has 1 unspecified atom stereocenters. The highest BCUT2D eigenvalue weighted by molar-refractivity contribution is 6.30. The van der Waals surface area contributed by atoms with E-state index in [4.69, 9.17) is 17.3 Å². The predicted molar refractivity (Wildman–Crippen MR) is 76.2 cm³/mol. The molecular weight excluding hydrogens is 279 g/mol. The van der Waals surface area contributed by atoms with Gasteiger partial charge < -0.3 is 5.73 Å². The molecule has 0 spiro atoms. The summed E-state index contributed by atoms with van der Waals surface area (Å²) in [6.07, 6.45) is 3.48. The summed E-state index contributed by atoms with van der Waals surface area (Å²) in [5, 5.41) is 0.723. The summed E-state index contributed by atoms with van der Waals surface area (Å²) in [6.45, 7) is 0. The number of pyridine rings is 1. The Labute approximate surface area is 118 Å². The molecule has 0 aliphatic rings. The van der Waals surface area contributed by atoms with Crippen LogP contribution in [0, 0.1) is 0 Å². The molecule has 2 nitrogen and oxygen atoms in total. The molecule has 1 heterocycles. The van der Waals surface area contributed by atoms with Crippen molar-refractivity contribution in [2.45, 2.75) is 6.04 Å². The van der Waals surface area contributed by atoms with Gasteiger partial charge >= 0.3 is 0 Å². The lowest BCUT2D eigenvalue weighted by atomic mass is 10.0. The molecule has 17 heavy (non-hydrogen) atoms. The lowest BCUT2D eigenvalue weighted by molar-refractivity contribution is 0.868. The zero-order chi connectivity index (χ0) is 10.7. The highest BCUT2D eigenvalue weighted by atomic mass is 35.5. The number of nitrogens with two attached hydrogens (primary N) is 1. The van der Waals surface area contributed by atoms with Crippen LogP contribution >= 0.6 is 36.4 Å². The van der Waals surface area contributed by atoms with Crippen molar-refractivity contribution in [3.05, 3.63) is 64.9 Å². The number of hydrogen-bond acceptors (Lipinski definition) is 2. The van der Waals surface area contributed by atoms with Gasteiger partial charge in [0.05, 0.1) is 6.04 Å². The minimum Gasteiger partial charge on any atom is -0.320 e. The van der Waals surface area contributed by atoms with Gasteiger partial charge in [-0.25, -0.2) is 0 Å². The smallest absolute Gasteiger partial charge is 0.0552 e. The third kappa shape index (κ3) is 4.17. The standard InChI is InChI=1S/C12H11ClN2.2ClH/c13-11-3-1-9(2-4-11)12(14)10-5-7-15-8-6-10;;/h1-8,12H,14H2;2*1H. The van der Waals surface area contributed by atoms with Crippen molar-refractivity contribution in [1.82, 2.24) is 4.98 Å². The van der Waals surface area contributed by atoms with Crippen molar-refractivity contribution in [3.8, 4) is 0 Å². The number of benzene rings is 1. The summed E-state index contributed by atoms with van der Waals surface area (Å²) in [4.78, 5) is 3.96. The average Bonchev–Trinajstić information content (AvgIpc) is 2.30. The molecule has 1 atom stereocenters. The van der Waals surface area contributed by atoms with Crippen LogP contribution in [0.25, 0.3) is 0 Å². The van der Waals surface area contributed by atoms with Gasteiger partial charge in [0.1, 0.15) is 0 Å². The Morgan fingerprint density at radius 2 is 1.35 bits per heavy atom. The van der Waals surface area contributed by atoms with Gasteiger partial charge in [0.2, 0.25) is 0 Å². The van der Waals surface area contributed by atoms with Crippen molar-refractivity contribution in [2.24, 2.45) is 5.73 Å². The molecule has 2 aromatic rings. The Morgan fingerprint density at radius 3 is 1.88 bits per heavy atom. The normalized spacial score (nSPS) is 10.9. The predicted octanol–water partition coefficient (Wildman–Crippen LogP) is 3.63. The zero-order valence-corrected chi connectivity index (χ0v) is 11.3. The molecule has 0 fully saturated rings. The fourth-order valence-corrected chi connectivity index (χ4v) is 1.56. The second-order valence-electron chi connectivity index (χ2n) is 3.31. The SMILES string of the molecule is Cl.Cl.NC(c1ccncc1)c1ccc(Cl)cc1. The van der Waals surface area contributed by atoms with Gasteiger partial charge in [0.15, 0.2) is 0 Å². The second-order valence-corrected chi connectivity index (χ2v) is 3.75. The number of aromatic nitrogens is 1. The maximum Gasteiger partial charge on any atom is 0.0552 e. The van der Waals surface area contributed by atoms with Crippen LogP contribution in [-0.2, 0) is 0 Å². The number of rotatable bonds is 2. The van der Waals surface area contributed by atoms with Crippen LogP contribution in [-0.4, -0.2) is 4.98 Å². The molecule has 0 bridgehead atoms. The van der Waals surface area contributed by atoms with Gasteiger partial charge in [0.25, 0.3) is 0 Å². The first-order valence-corrected chi connectivity index (χ1v) is 5.06. The van der Waals surface area contributed by atoms with Gasteiger partial charge in [0, 0.05) is 17.4 Å². The molecule has 0 aliphatic carbocycles. The zero-order valence-electron chi connectivity index (χ0n) is 8.92. The molecule has 5 heteroatoms. The summed E-state index contributed by atoms with van der Waals surface area (Å²) in [5.74, 6) is 0. The Bertz CT molecular complexity index is 431. The largest absolute Gasteiger partial charge is 0.320 e. The molecule has 92 valence electrons. The third-order valence-electron chi connectivity index (χ3n) is 2.29. The van der Waals surface area contributed by atoms with Crippen molar-refractivity contribution >= 4 is 36.4 Å². The van der Waals surface area contributed by atoms with Crippen molar-refractivity contribution in [1.29, 1.82) is 0 Å². The molecule has 2 N–H and O–H groups in total. The summed E-state index contributed by atoms with van der Waals surface area (Å²) in [7, 11) is 0. The first kappa shape index (κ1) is 16.2. The molecule has 1 aromatic carbocycles. The van der Waals surface area contributed by atoms with Gasteiger partial charge in [-0.05, 0) is 35.4 Å². The van der Waals surface area contributed by atoms with Gasteiger partial charge in [-0.3, -0.25) is 4.98 Å². The van der Waals surface area contributed by atoms with E-state index in [2.05, 4.69) is 4.98 Å². The second kappa shape index (κ2) is 7.51. The van der Waals surface area contributed by atoms with Crippen molar-refractivity contribution in [3.63, 3.8) is 0 Å². The van der Waals surface area contributed by atoms with Crippen LogP contribution in [0.1, 0.15) is 17.2 Å². The molecule has 0 saturated heterocycles. The van der Waals surface area contributed by atoms with Gasteiger partial charge in [-0.1, -0.05) is 23.7 Å². The van der Waals surface area contributed by atoms with E-state index < -0.39 is 0 Å². The van der Waals surface area contributed by atoms with Crippen molar-refractivity contribution < 1.29 is 0 Å². The van der Waals surface area contributed by atoms with Crippen LogP contribution in [0.15, 0.2) is 48.8 Å². The van der Waals surface area contributed by atoms with Crippen LogP contribution in [0.5, 0.6) is 0 Å². The first-order valence-electron chi connectivity index (χ1n) is 4.68. The maximum absolute atomic E-state index is 6.10. The fraction of sp³-hybridized carbons (Fsp3) is 0.0833. The molecular formula is C12H13Cl3N2. The summed E-state index contributed by atoms with van der Waals surface area (Å²) in [5.41, 5.74) is 8.19. The highest BCUT2D eigenvalue weighted by Gasteiger charge is 2.07. The van der Waals surface area contributed by atoms with Gasteiger partial charge in [-0.2, -0.15) is 0 Å². The topological polar surface area (TPSA) is 38.9 Å². The van der Waals surface area contributed by atoms with E-state index in [0.717, 1.165) is 16.1 Å². The number of nitrogens with zero attached hydrogens (tertiary/aromatic N) is 1. The fourth-order valence-electron chi connectivity index (χ4n) is 1.43. The van der Waals surface area contributed by atoms with E-state index in [-0.39, 0.29) is 30.9 Å². The van der Waals surface area contributed by atoms with E-state index in [0.29, 0.717) is 0 Å². The Hall–Kier alpha value is -0.800. The van der Waals surface area contributed by atoms with Crippen LogP contribution in [0.2, 0.25) is 5.02 Å². The average molecular weight is 292 g/mol. The van der Waals surface area contributed by atoms with E-state index in [1.165, 1.54) is 0 Å². The van der Waals surface area contributed by atoms with Crippen LogP contribution in [0.3, 0.4) is 0 Å². The van der Waals surface area contributed by atoms with E-state index >= 15 is 0 Å². The Morgan fingerprint density at radius 1 is 0.882 bits per heavy atom. The lowest BCUT2D eigenvalue weighted by Gasteiger charge is -2.11. The Balaban J connectivity index is 0.00000128. The lowest BCUT2D eigenvalue weighted by Crippen LogP contribution is -2.11. The Kier molecular flexibility index (Phi) is 7.16.